The molecule has 0 fully saturated rings. The maximum Gasteiger partial charge on any atom is 0.271 e. The van der Waals surface area contributed by atoms with Gasteiger partial charge in [-0.3, -0.25) is 4.79 Å². The quantitative estimate of drug-likeness (QED) is 0.812. The Kier molecular flexibility index (Phi) is 4.24. The van der Waals surface area contributed by atoms with Gasteiger partial charge in [-0.25, -0.2) is 4.39 Å². The molecule has 2 rings (SSSR count). The average Bonchev–Trinajstić information content (AvgIpc) is 2.49. The van der Waals surface area contributed by atoms with Crippen LogP contribution in [0.15, 0.2) is 29.2 Å². The maximum atomic E-state index is 14.2. The Labute approximate surface area is 126 Å². The van der Waals surface area contributed by atoms with Crippen LogP contribution in [0.25, 0.3) is 5.69 Å². The first kappa shape index (κ1) is 15.3. The van der Waals surface area contributed by atoms with Crippen LogP contribution in [0.2, 0.25) is 0 Å². The third kappa shape index (κ3) is 2.97. The first-order chi connectivity index (χ1) is 10.5. The minimum absolute atomic E-state index is 0.0106. The van der Waals surface area contributed by atoms with Gasteiger partial charge in [-0.2, -0.15) is 15.0 Å². The predicted octanol–water partition coefficient (Wildman–Crippen LogP) is 1.95. The molecule has 110 valence electrons. The summed E-state index contributed by atoms with van der Waals surface area (Å²) in [5, 5.41) is 12.9. The van der Waals surface area contributed by atoms with E-state index in [1.54, 1.807) is 13.8 Å². The molecule has 6 heteroatoms. The SMILES string of the molecule is C#CC(C)Oc1cc(-n2ncc(C)cc2=O)c(F)cc1C#N. The summed E-state index contributed by atoms with van der Waals surface area (Å²) in [6.45, 7) is 3.32. The van der Waals surface area contributed by atoms with E-state index < -0.39 is 17.5 Å². The smallest absolute Gasteiger partial charge is 0.271 e. The number of nitrogens with zero attached hydrogens (tertiary/aromatic N) is 3. The highest BCUT2D eigenvalue weighted by atomic mass is 19.1. The monoisotopic (exact) mass is 297 g/mol. The average molecular weight is 297 g/mol. The fourth-order valence-corrected chi connectivity index (χ4v) is 1.79. The minimum Gasteiger partial charge on any atom is -0.477 e. The van der Waals surface area contributed by atoms with Gasteiger partial charge < -0.3 is 4.74 Å². The first-order valence-corrected chi connectivity index (χ1v) is 6.39. The zero-order valence-electron chi connectivity index (χ0n) is 12.0. The number of terminal acetylenes is 1. The second-order valence-electron chi connectivity index (χ2n) is 4.62. The summed E-state index contributed by atoms with van der Waals surface area (Å²) in [5.74, 6) is 1.69. The Morgan fingerprint density at radius 2 is 2.18 bits per heavy atom. The molecule has 0 amide bonds. The summed E-state index contributed by atoms with van der Waals surface area (Å²) in [6.07, 6.45) is 6.06. The number of aryl methyl sites for hydroxylation is 1. The molecule has 0 saturated carbocycles. The standard InChI is InChI=1S/C16H12FN3O2/c1-4-11(3)22-15-7-14(13(17)6-12(15)8-18)20-16(21)5-10(2)9-19-20/h1,5-7,9,11H,2-3H3. The molecule has 1 unspecified atom stereocenters. The normalized spacial score (nSPS) is 11.3. The molecule has 0 aliphatic carbocycles. The summed E-state index contributed by atoms with van der Waals surface area (Å²) >= 11 is 0. The van der Waals surface area contributed by atoms with Gasteiger partial charge in [0.15, 0.2) is 11.9 Å². The van der Waals surface area contributed by atoms with E-state index in [-0.39, 0.29) is 17.0 Å². The Morgan fingerprint density at radius 3 is 2.77 bits per heavy atom. The third-order valence-corrected chi connectivity index (χ3v) is 2.87. The number of benzene rings is 1. The van der Waals surface area contributed by atoms with Crippen LogP contribution >= 0.6 is 0 Å². The lowest BCUT2D eigenvalue weighted by Gasteiger charge is -2.13. The summed E-state index contributed by atoms with van der Waals surface area (Å²) in [7, 11) is 0. The maximum absolute atomic E-state index is 14.2. The second-order valence-corrected chi connectivity index (χ2v) is 4.62. The van der Waals surface area contributed by atoms with Crippen LogP contribution in [-0.4, -0.2) is 15.9 Å². The van der Waals surface area contributed by atoms with Crippen molar-refractivity contribution < 1.29 is 9.13 Å². The van der Waals surface area contributed by atoms with Gasteiger partial charge in [0, 0.05) is 12.1 Å². The number of rotatable bonds is 3. The molecule has 1 atom stereocenters. The molecule has 0 aliphatic heterocycles. The molecule has 22 heavy (non-hydrogen) atoms. The van der Waals surface area contributed by atoms with Crippen LogP contribution in [0.3, 0.4) is 0 Å². The largest absolute Gasteiger partial charge is 0.477 e. The molecule has 0 bridgehead atoms. The zero-order chi connectivity index (χ0) is 16.3. The number of hydrogen-bond acceptors (Lipinski definition) is 4. The van der Waals surface area contributed by atoms with Crippen LogP contribution in [0, 0.1) is 36.4 Å². The first-order valence-electron chi connectivity index (χ1n) is 6.39. The van der Waals surface area contributed by atoms with Crippen molar-refractivity contribution in [2.45, 2.75) is 20.0 Å². The lowest BCUT2D eigenvalue weighted by atomic mass is 10.2. The van der Waals surface area contributed by atoms with E-state index in [0.29, 0.717) is 5.56 Å². The van der Waals surface area contributed by atoms with Crippen molar-refractivity contribution in [2.75, 3.05) is 0 Å². The molecule has 1 aromatic carbocycles. The summed E-state index contributed by atoms with van der Waals surface area (Å²) < 4.78 is 20.5. The highest BCUT2D eigenvalue weighted by molar-refractivity contribution is 5.51. The fraction of sp³-hybridized carbons (Fsp3) is 0.188. The van der Waals surface area contributed by atoms with E-state index in [1.165, 1.54) is 18.3 Å². The van der Waals surface area contributed by atoms with Crippen molar-refractivity contribution in [2.24, 2.45) is 0 Å². The second kappa shape index (κ2) is 6.11. The summed E-state index contributed by atoms with van der Waals surface area (Å²) in [5.41, 5.74) is 0.0546. The molecule has 1 heterocycles. The number of nitriles is 1. The van der Waals surface area contributed by atoms with Gasteiger partial charge in [-0.15, -0.1) is 6.42 Å². The van der Waals surface area contributed by atoms with Gasteiger partial charge in [0.25, 0.3) is 5.56 Å². The van der Waals surface area contributed by atoms with E-state index in [2.05, 4.69) is 11.0 Å². The van der Waals surface area contributed by atoms with E-state index >= 15 is 0 Å². The van der Waals surface area contributed by atoms with Crippen molar-refractivity contribution in [3.05, 3.63) is 51.7 Å². The van der Waals surface area contributed by atoms with Crippen LogP contribution in [-0.2, 0) is 0 Å². The van der Waals surface area contributed by atoms with Gasteiger partial charge in [-0.05, 0) is 25.5 Å². The van der Waals surface area contributed by atoms with Gasteiger partial charge in [-0.1, -0.05) is 5.92 Å². The summed E-state index contributed by atoms with van der Waals surface area (Å²) in [6, 6.07) is 5.38. The lowest BCUT2D eigenvalue weighted by Crippen LogP contribution is -2.21. The van der Waals surface area contributed by atoms with E-state index in [0.717, 1.165) is 10.7 Å². The van der Waals surface area contributed by atoms with Crippen molar-refractivity contribution in [3.8, 4) is 29.8 Å². The van der Waals surface area contributed by atoms with E-state index in [1.807, 2.05) is 6.07 Å². The van der Waals surface area contributed by atoms with Gasteiger partial charge in [0.05, 0.1) is 11.8 Å². The molecular weight excluding hydrogens is 285 g/mol. The highest BCUT2D eigenvalue weighted by Crippen LogP contribution is 2.25. The molecular formula is C16H12FN3O2. The topological polar surface area (TPSA) is 67.9 Å². The molecule has 2 aromatic rings. The number of hydrogen-bond donors (Lipinski definition) is 0. The van der Waals surface area contributed by atoms with Crippen molar-refractivity contribution in [3.63, 3.8) is 0 Å². The molecule has 0 saturated heterocycles. The van der Waals surface area contributed by atoms with Crippen molar-refractivity contribution >= 4 is 0 Å². The van der Waals surface area contributed by atoms with Gasteiger partial charge in [0.2, 0.25) is 0 Å². The van der Waals surface area contributed by atoms with E-state index in [4.69, 9.17) is 16.4 Å². The van der Waals surface area contributed by atoms with Crippen molar-refractivity contribution in [1.82, 2.24) is 9.78 Å². The fourth-order valence-electron chi connectivity index (χ4n) is 1.79. The number of ether oxygens (including phenoxy) is 1. The minimum atomic E-state index is -0.754. The van der Waals surface area contributed by atoms with Gasteiger partial charge in [0.1, 0.15) is 17.5 Å². The zero-order valence-corrected chi connectivity index (χ0v) is 12.0. The Hall–Kier alpha value is -3.12. The molecule has 0 spiro atoms. The number of halogens is 1. The molecule has 0 N–H and O–H groups in total. The van der Waals surface area contributed by atoms with Gasteiger partial charge >= 0.3 is 0 Å². The van der Waals surface area contributed by atoms with E-state index in [9.17, 15) is 9.18 Å². The van der Waals surface area contributed by atoms with Crippen LogP contribution in [0.4, 0.5) is 4.39 Å². The molecule has 0 aliphatic rings. The Bertz CT molecular complexity index is 859. The van der Waals surface area contributed by atoms with Crippen LogP contribution in [0.5, 0.6) is 5.75 Å². The molecule has 5 nitrogen and oxygen atoms in total. The molecule has 1 aromatic heterocycles. The third-order valence-electron chi connectivity index (χ3n) is 2.87. The highest BCUT2D eigenvalue weighted by Gasteiger charge is 2.15. The number of aromatic nitrogens is 2. The van der Waals surface area contributed by atoms with Crippen LogP contribution in [0.1, 0.15) is 18.1 Å². The molecule has 0 radical (unpaired) electrons. The lowest BCUT2D eigenvalue weighted by molar-refractivity contribution is 0.277. The van der Waals surface area contributed by atoms with Crippen molar-refractivity contribution in [1.29, 1.82) is 5.26 Å². The predicted molar refractivity (Wildman–Crippen MR) is 78.2 cm³/mol. The Balaban J connectivity index is 2.62. The van der Waals surface area contributed by atoms with Crippen LogP contribution < -0.4 is 10.3 Å². The Morgan fingerprint density at radius 1 is 1.45 bits per heavy atom. The summed E-state index contributed by atoms with van der Waals surface area (Å²) in [4.78, 5) is 11.9.